The number of rotatable bonds is 6. The fourth-order valence-corrected chi connectivity index (χ4v) is 8.74. The summed E-state index contributed by atoms with van der Waals surface area (Å²) in [6, 6.07) is 72.1. The summed E-state index contributed by atoms with van der Waals surface area (Å²) in [5.74, 6) is 0.123. The van der Waals surface area contributed by atoms with Gasteiger partial charge in [-0.3, -0.25) is 0 Å². The molecule has 0 saturated carbocycles. The summed E-state index contributed by atoms with van der Waals surface area (Å²) in [6.45, 7) is 0. The first-order valence-corrected chi connectivity index (χ1v) is 18.2. The van der Waals surface area contributed by atoms with Gasteiger partial charge >= 0.3 is 0 Å². The largest absolute Gasteiger partial charge is 0.311 e. The molecule has 0 aliphatic heterocycles. The van der Waals surface area contributed by atoms with Crippen LogP contribution in [0.5, 0.6) is 0 Å². The minimum Gasteiger partial charge on any atom is -0.311 e. The molecule has 8 aromatic rings. The predicted molar refractivity (Wildman–Crippen MR) is 217 cm³/mol. The average molecular weight is 675 g/mol. The molecule has 3 aliphatic carbocycles. The lowest BCUT2D eigenvalue weighted by molar-refractivity contribution is 0.753. The zero-order valence-corrected chi connectivity index (χ0v) is 29.0. The Labute approximate surface area is 310 Å². The molecular weight excluding hydrogens is 641 g/mol. The Morgan fingerprint density at radius 2 is 0.698 bits per heavy atom. The molecule has 11 rings (SSSR count). The van der Waals surface area contributed by atoms with E-state index in [0.29, 0.717) is 0 Å². The summed E-state index contributed by atoms with van der Waals surface area (Å²) in [7, 11) is 0. The highest BCUT2D eigenvalue weighted by atomic mass is 15.1. The molecule has 0 aromatic heterocycles. The summed E-state index contributed by atoms with van der Waals surface area (Å²) < 4.78 is 0. The molecule has 0 spiro atoms. The zero-order valence-electron chi connectivity index (χ0n) is 29.0. The van der Waals surface area contributed by atoms with Gasteiger partial charge in [-0.2, -0.15) is 5.26 Å². The lowest BCUT2D eigenvalue weighted by Gasteiger charge is -2.43. The normalized spacial score (nSPS) is 14.8. The summed E-state index contributed by atoms with van der Waals surface area (Å²) >= 11 is 0. The van der Waals surface area contributed by atoms with Crippen molar-refractivity contribution in [3.63, 3.8) is 0 Å². The average Bonchev–Trinajstić information content (AvgIpc) is 3.24. The molecule has 248 valence electrons. The van der Waals surface area contributed by atoms with E-state index in [1.807, 2.05) is 6.07 Å². The molecule has 2 nitrogen and oxygen atoms in total. The summed E-state index contributed by atoms with van der Waals surface area (Å²) in [5.41, 5.74) is 18.9. The Kier molecular flexibility index (Phi) is 7.37. The monoisotopic (exact) mass is 674 g/mol. The van der Waals surface area contributed by atoms with Crippen LogP contribution in [0.3, 0.4) is 0 Å². The zero-order chi connectivity index (χ0) is 35.3. The van der Waals surface area contributed by atoms with Crippen LogP contribution in [0.15, 0.2) is 194 Å². The minimum absolute atomic E-state index is 0.0458. The quantitative estimate of drug-likeness (QED) is 0.176. The molecule has 0 unspecified atom stereocenters. The van der Waals surface area contributed by atoms with Crippen LogP contribution in [0.4, 0.5) is 17.1 Å². The molecule has 8 aromatic carbocycles. The third kappa shape index (κ3) is 5.09. The van der Waals surface area contributed by atoms with E-state index in [1.165, 1.54) is 55.6 Å². The van der Waals surface area contributed by atoms with Gasteiger partial charge in [0.2, 0.25) is 0 Å². The third-order valence-corrected chi connectivity index (χ3v) is 11.1. The lowest BCUT2D eigenvalue weighted by Crippen LogP contribution is -2.29. The first kappa shape index (κ1) is 30.8. The Morgan fingerprint density at radius 3 is 1.11 bits per heavy atom. The van der Waals surface area contributed by atoms with Gasteiger partial charge in [-0.1, -0.05) is 152 Å². The van der Waals surface area contributed by atoms with E-state index in [2.05, 4.69) is 199 Å². The SMILES string of the molecule is N#Cc1ccc(-c2ccc(N(c3ccc(-c4ccccc4)cc3)c3ccc(-c4ccccc4)cc3)cc2)c2c1C1c3ccccc3C2c2ccccc21. The molecule has 2 heteroatoms. The van der Waals surface area contributed by atoms with Crippen LogP contribution < -0.4 is 4.90 Å². The highest BCUT2D eigenvalue weighted by Gasteiger charge is 2.43. The van der Waals surface area contributed by atoms with Crippen molar-refractivity contribution in [1.29, 1.82) is 5.26 Å². The first-order chi connectivity index (χ1) is 26.3. The topological polar surface area (TPSA) is 27.0 Å². The lowest BCUT2D eigenvalue weighted by atomic mass is 9.59. The maximum Gasteiger partial charge on any atom is 0.0994 e. The van der Waals surface area contributed by atoms with Crippen LogP contribution in [0.25, 0.3) is 33.4 Å². The van der Waals surface area contributed by atoms with Crippen LogP contribution in [-0.4, -0.2) is 0 Å². The van der Waals surface area contributed by atoms with Crippen LogP contribution >= 0.6 is 0 Å². The molecule has 0 saturated heterocycles. The first-order valence-electron chi connectivity index (χ1n) is 18.2. The Bertz CT molecular complexity index is 2520. The van der Waals surface area contributed by atoms with Gasteiger partial charge in [-0.25, -0.2) is 0 Å². The number of hydrogen-bond donors (Lipinski definition) is 0. The highest BCUT2D eigenvalue weighted by molar-refractivity contribution is 5.84. The third-order valence-electron chi connectivity index (χ3n) is 11.1. The van der Waals surface area contributed by atoms with Crippen molar-refractivity contribution in [3.8, 4) is 39.4 Å². The van der Waals surface area contributed by atoms with E-state index < -0.39 is 0 Å². The van der Waals surface area contributed by atoms with Crippen LogP contribution in [0.2, 0.25) is 0 Å². The second-order valence-corrected chi connectivity index (χ2v) is 13.9. The van der Waals surface area contributed by atoms with Gasteiger partial charge in [0.15, 0.2) is 0 Å². The van der Waals surface area contributed by atoms with Crippen molar-refractivity contribution in [3.05, 3.63) is 233 Å². The van der Waals surface area contributed by atoms with Gasteiger partial charge in [0.25, 0.3) is 0 Å². The highest BCUT2D eigenvalue weighted by Crippen LogP contribution is 2.58. The molecule has 53 heavy (non-hydrogen) atoms. The fraction of sp³-hybridized carbons (Fsp3) is 0.0392. The van der Waals surface area contributed by atoms with E-state index in [4.69, 9.17) is 0 Å². The molecular formula is C51H34N2. The number of hydrogen-bond acceptors (Lipinski definition) is 2. The Morgan fingerprint density at radius 1 is 0.340 bits per heavy atom. The van der Waals surface area contributed by atoms with E-state index in [0.717, 1.165) is 33.8 Å². The van der Waals surface area contributed by atoms with Gasteiger partial charge < -0.3 is 4.90 Å². The summed E-state index contributed by atoms with van der Waals surface area (Å²) in [6.07, 6.45) is 0. The standard InChI is InChI=1S/C51H34N2/c52-33-39-25-32-43(51-48(39)49-44-15-7-9-17-46(44)50(51)47-18-10-8-16-45(47)49)38-23-30-42(31-24-38)53(40-26-19-36(20-27-40)34-11-3-1-4-12-34)41-28-21-37(22-29-41)35-13-5-2-6-14-35/h1-32,49-50H. The number of nitriles is 1. The summed E-state index contributed by atoms with van der Waals surface area (Å²) in [5, 5.41) is 10.4. The van der Waals surface area contributed by atoms with Crippen LogP contribution in [0, 0.1) is 11.3 Å². The number of anilines is 3. The maximum atomic E-state index is 10.4. The van der Waals surface area contributed by atoms with Gasteiger partial charge in [0.05, 0.1) is 11.6 Å². The van der Waals surface area contributed by atoms with Crippen molar-refractivity contribution >= 4 is 17.1 Å². The second-order valence-electron chi connectivity index (χ2n) is 13.9. The molecule has 2 bridgehead atoms. The van der Waals surface area contributed by atoms with Gasteiger partial charge in [0.1, 0.15) is 0 Å². The fourth-order valence-electron chi connectivity index (χ4n) is 8.74. The molecule has 0 fully saturated rings. The predicted octanol–water partition coefficient (Wildman–Crippen LogP) is 13.0. The molecule has 0 heterocycles. The van der Waals surface area contributed by atoms with E-state index in [-0.39, 0.29) is 11.8 Å². The molecule has 0 radical (unpaired) electrons. The number of nitrogens with zero attached hydrogens (tertiary/aromatic N) is 2. The molecule has 0 atom stereocenters. The molecule has 0 amide bonds. The summed E-state index contributed by atoms with van der Waals surface area (Å²) in [4.78, 5) is 2.33. The van der Waals surface area contributed by atoms with Gasteiger partial charge in [-0.05, 0) is 109 Å². The van der Waals surface area contributed by atoms with E-state index in [1.54, 1.807) is 0 Å². The van der Waals surface area contributed by atoms with Gasteiger partial charge in [0, 0.05) is 28.9 Å². The smallest absolute Gasteiger partial charge is 0.0994 e. The Balaban J connectivity index is 1.08. The minimum atomic E-state index is 0.0458. The van der Waals surface area contributed by atoms with Crippen LogP contribution in [-0.2, 0) is 0 Å². The van der Waals surface area contributed by atoms with Crippen LogP contribution in [0.1, 0.15) is 50.8 Å². The maximum absolute atomic E-state index is 10.4. The Hall–Kier alpha value is -6.95. The van der Waals surface area contributed by atoms with Gasteiger partial charge in [-0.15, -0.1) is 0 Å². The number of benzene rings is 8. The second kappa shape index (κ2) is 12.7. The van der Waals surface area contributed by atoms with E-state index >= 15 is 0 Å². The molecule has 0 N–H and O–H groups in total. The van der Waals surface area contributed by atoms with Crippen molar-refractivity contribution in [2.45, 2.75) is 11.8 Å². The van der Waals surface area contributed by atoms with Crippen molar-refractivity contribution in [2.75, 3.05) is 4.90 Å². The van der Waals surface area contributed by atoms with Crippen molar-refractivity contribution < 1.29 is 0 Å². The van der Waals surface area contributed by atoms with Crippen molar-refractivity contribution in [2.24, 2.45) is 0 Å². The molecule has 3 aliphatic rings. The van der Waals surface area contributed by atoms with E-state index in [9.17, 15) is 5.26 Å². The van der Waals surface area contributed by atoms with Crippen molar-refractivity contribution in [1.82, 2.24) is 0 Å².